The topological polar surface area (TPSA) is 122 Å². The number of benzene rings is 1. The number of hydrogen-bond acceptors (Lipinski definition) is 4. The van der Waals surface area contributed by atoms with Crippen LogP contribution in [0.15, 0.2) is 35.5 Å². The molecule has 0 aromatic heterocycles. The summed E-state index contributed by atoms with van der Waals surface area (Å²) in [5.41, 5.74) is 18.4. The highest BCUT2D eigenvalue weighted by Gasteiger charge is 2.24. The van der Waals surface area contributed by atoms with Crippen LogP contribution >= 0.6 is 0 Å². The average Bonchev–Trinajstić information content (AvgIpc) is 2.61. The summed E-state index contributed by atoms with van der Waals surface area (Å²) in [7, 11) is 0. The Labute approximate surface area is 156 Å². The second-order valence-electron chi connectivity index (χ2n) is 6.46. The van der Waals surface area contributed by atoms with E-state index in [0.717, 1.165) is 25.0 Å². The minimum absolute atomic E-state index is 0.0413. The van der Waals surface area contributed by atoms with Crippen LogP contribution in [0, 0.1) is 28.9 Å². The van der Waals surface area contributed by atoms with Gasteiger partial charge in [-0.15, -0.1) is 0 Å². The van der Waals surface area contributed by atoms with E-state index in [1.165, 1.54) is 17.0 Å². The summed E-state index contributed by atoms with van der Waals surface area (Å²) in [6, 6.07) is 4.91. The van der Waals surface area contributed by atoms with Crippen molar-refractivity contribution in [1.82, 2.24) is 4.90 Å². The molecule has 2 amide bonds. The van der Waals surface area contributed by atoms with Gasteiger partial charge in [0.2, 0.25) is 0 Å². The maximum Gasteiger partial charge on any atom is 0.314 e. The minimum Gasteiger partial charge on any atom is -0.402 e. The Bertz CT molecular complexity index is 793. The SMILES string of the molecule is N#CCCN(CC1CCCC(/C=C(\N)c2c(F)cccc2F)=C1N)C(N)=O. The first kappa shape index (κ1) is 20.2. The zero-order valence-corrected chi connectivity index (χ0v) is 14.9. The fraction of sp³-hybridized carbons (Fsp3) is 0.368. The third-order valence-corrected chi connectivity index (χ3v) is 4.64. The zero-order chi connectivity index (χ0) is 20.0. The van der Waals surface area contributed by atoms with Crippen molar-refractivity contribution in [3.8, 4) is 6.07 Å². The molecule has 8 heteroatoms. The predicted octanol–water partition coefficient (Wildman–Crippen LogP) is 2.57. The van der Waals surface area contributed by atoms with Crippen LogP contribution in [0.1, 0.15) is 31.2 Å². The van der Waals surface area contributed by atoms with Crippen molar-refractivity contribution in [2.24, 2.45) is 23.1 Å². The van der Waals surface area contributed by atoms with E-state index in [2.05, 4.69) is 0 Å². The fourth-order valence-electron chi connectivity index (χ4n) is 3.22. The van der Waals surface area contributed by atoms with E-state index in [9.17, 15) is 13.6 Å². The van der Waals surface area contributed by atoms with Gasteiger partial charge in [0.15, 0.2) is 0 Å². The number of carbonyl (C=O) groups excluding carboxylic acids is 1. The van der Waals surface area contributed by atoms with Crippen molar-refractivity contribution in [2.75, 3.05) is 13.1 Å². The molecule has 0 bridgehead atoms. The lowest BCUT2D eigenvalue weighted by atomic mass is 9.86. The third kappa shape index (κ3) is 4.97. The van der Waals surface area contributed by atoms with Crippen molar-refractivity contribution in [3.05, 3.63) is 52.7 Å². The lowest BCUT2D eigenvalue weighted by Crippen LogP contribution is -2.41. The maximum absolute atomic E-state index is 13.9. The van der Waals surface area contributed by atoms with Gasteiger partial charge in [0.1, 0.15) is 11.6 Å². The van der Waals surface area contributed by atoms with Crippen LogP contribution in [0.4, 0.5) is 13.6 Å². The maximum atomic E-state index is 13.9. The molecule has 27 heavy (non-hydrogen) atoms. The average molecular weight is 375 g/mol. The van der Waals surface area contributed by atoms with Gasteiger partial charge >= 0.3 is 6.03 Å². The second kappa shape index (κ2) is 9.03. The van der Waals surface area contributed by atoms with Crippen LogP contribution in [-0.2, 0) is 0 Å². The number of hydrogen-bond donors (Lipinski definition) is 3. The van der Waals surface area contributed by atoms with Crippen LogP contribution in [0.2, 0.25) is 0 Å². The molecule has 144 valence electrons. The van der Waals surface area contributed by atoms with Gasteiger partial charge in [-0.05, 0) is 43.0 Å². The molecular weight excluding hydrogens is 352 g/mol. The monoisotopic (exact) mass is 375 g/mol. The van der Waals surface area contributed by atoms with E-state index in [1.54, 1.807) is 0 Å². The Balaban J connectivity index is 2.27. The van der Waals surface area contributed by atoms with Gasteiger partial charge in [-0.1, -0.05) is 6.07 Å². The molecule has 1 unspecified atom stereocenters. The van der Waals surface area contributed by atoms with Gasteiger partial charge in [0, 0.05) is 30.4 Å². The Morgan fingerprint density at radius 2 is 2.00 bits per heavy atom. The Hall–Kier alpha value is -3.08. The second-order valence-corrected chi connectivity index (χ2v) is 6.46. The highest BCUT2D eigenvalue weighted by atomic mass is 19.1. The van der Waals surface area contributed by atoms with Gasteiger partial charge < -0.3 is 22.1 Å². The number of allylic oxidation sites excluding steroid dienone is 2. The molecule has 0 fully saturated rings. The molecule has 1 atom stereocenters. The predicted molar refractivity (Wildman–Crippen MR) is 98.5 cm³/mol. The number of amides is 2. The molecule has 0 saturated heterocycles. The third-order valence-electron chi connectivity index (χ3n) is 4.64. The Morgan fingerprint density at radius 3 is 2.59 bits per heavy atom. The molecule has 0 saturated carbocycles. The number of carbonyl (C=O) groups is 1. The highest BCUT2D eigenvalue weighted by Crippen LogP contribution is 2.30. The summed E-state index contributed by atoms with van der Waals surface area (Å²) < 4.78 is 27.8. The van der Waals surface area contributed by atoms with Gasteiger partial charge in [-0.25, -0.2) is 13.6 Å². The van der Waals surface area contributed by atoms with Crippen molar-refractivity contribution < 1.29 is 13.6 Å². The van der Waals surface area contributed by atoms with E-state index in [0.29, 0.717) is 17.7 Å². The fourth-order valence-corrected chi connectivity index (χ4v) is 3.22. The quantitative estimate of drug-likeness (QED) is 0.707. The van der Waals surface area contributed by atoms with Gasteiger partial charge in [0.05, 0.1) is 18.1 Å². The van der Waals surface area contributed by atoms with Crippen LogP contribution in [-0.4, -0.2) is 24.0 Å². The molecule has 1 aliphatic rings. The molecular formula is C19H23F2N5O. The van der Waals surface area contributed by atoms with E-state index in [1.807, 2.05) is 6.07 Å². The summed E-state index contributed by atoms with van der Waals surface area (Å²) in [6.45, 7) is 0.511. The van der Waals surface area contributed by atoms with Crippen molar-refractivity contribution >= 4 is 11.7 Å². The van der Waals surface area contributed by atoms with E-state index in [-0.39, 0.29) is 36.7 Å². The molecule has 2 rings (SSSR count). The van der Waals surface area contributed by atoms with Crippen LogP contribution < -0.4 is 17.2 Å². The summed E-state index contributed by atoms with van der Waals surface area (Å²) >= 11 is 0. The van der Waals surface area contributed by atoms with E-state index in [4.69, 9.17) is 22.5 Å². The molecule has 6 nitrogen and oxygen atoms in total. The first-order valence-electron chi connectivity index (χ1n) is 8.66. The normalized spacial score (nSPS) is 17.5. The van der Waals surface area contributed by atoms with E-state index < -0.39 is 17.7 Å². The van der Waals surface area contributed by atoms with Crippen molar-refractivity contribution in [2.45, 2.75) is 25.7 Å². The number of nitriles is 1. The number of urea groups is 1. The van der Waals surface area contributed by atoms with Crippen molar-refractivity contribution in [3.63, 3.8) is 0 Å². The lowest BCUT2D eigenvalue weighted by Gasteiger charge is -2.30. The lowest BCUT2D eigenvalue weighted by molar-refractivity contribution is 0.199. The number of primary amides is 1. The largest absolute Gasteiger partial charge is 0.402 e. The highest BCUT2D eigenvalue weighted by molar-refractivity contribution is 5.72. The smallest absolute Gasteiger partial charge is 0.314 e. The number of nitrogens with zero attached hydrogens (tertiary/aromatic N) is 2. The van der Waals surface area contributed by atoms with Gasteiger partial charge in [0.25, 0.3) is 0 Å². The van der Waals surface area contributed by atoms with Gasteiger partial charge in [-0.3, -0.25) is 0 Å². The summed E-state index contributed by atoms with van der Waals surface area (Å²) in [5, 5.41) is 8.70. The number of rotatable bonds is 6. The first-order chi connectivity index (χ1) is 12.8. The summed E-state index contributed by atoms with van der Waals surface area (Å²) in [6.07, 6.45) is 3.81. The van der Waals surface area contributed by atoms with Crippen LogP contribution in [0.25, 0.3) is 5.70 Å². The first-order valence-corrected chi connectivity index (χ1v) is 8.66. The van der Waals surface area contributed by atoms with Gasteiger partial charge in [-0.2, -0.15) is 5.26 Å². The molecule has 0 spiro atoms. The molecule has 1 aromatic carbocycles. The van der Waals surface area contributed by atoms with Crippen LogP contribution in [0.3, 0.4) is 0 Å². The molecule has 1 aliphatic carbocycles. The van der Waals surface area contributed by atoms with E-state index >= 15 is 0 Å². The Morgan fingerprint density at radius 1 is 1.33 bits per heavy atom. The number of nitrogens with two attached hydrogens (primary N) is 3. The molecule has 0 radical (unpaired) electrons. The summed E-state index contributed by atoms with van der Waals surface area (Å²) in [4.78, 5) is 13.0. The molecule has 0 aliphatic heterocycles. The van der Waals surface area contributed by atoms with Crippen molar-refractivity contribution in [1.29, 1.82) is 5.26 Å². The Kier molecular flexibility index (Phi) is 6.77. The molecule has 1 aromatic rings. The van der Waals surface area contributed by atoms with Crippen LogP contribution in [0.5, 0.6) is 0 Å². The summed E-state index contributed by atoms with van der Waals surface area (Å²) in [5.74, 6) is -1.65. The minimum atomic E-state index is -0.744. The standard InChI is InChI=1S/C19H23F2N5O/c20-14-6-2-7-15(21)17(14)16(23)10-12-4-1-5-13(18(12)24)11-26(19(25)27)9-3-8-22/h2,6-7,10,13H,1,3-5,9,11,23-24H2,(H2,25,27)/b16-10-. The molecule has 0 heterocycles. The molecule has 6 N–H and O–H groups in total. The zero-order valence-electron chi connectivity index (χ0n) is 14.9. The number of halogens is 2.